The van der Waals surface area contributed by atoms with Crippen molar-refractivity contribution in [1.82, 2.24) is 15.0 Å². The van der Waals surface area contributed by atoms with Gasteiger partial charge in [-0.2, -0.15) is 0 Å². The van der Waals surface area contributed by atoms with Crippen LogP contribution in [-0.2, 0) is 17.8 Å². The first-order valence-corrected chi connectivity index (χ1v) is 10.9. The van der Waals surface area contributed by atoms with Crippen LogP contribution in [-0.4, -0.2) is 39.6 Å². The number of nitrogen functional groups attached to an aromatic ring is 1. The third-order valence-corrected chi connectivity index (χ3v) is 5.50. The predicted octanol–water partition coefficient (Wildman–Crippen LogP) is 2.48. The molecule has 0 saturated carbocycles. The van der Waals surface area contributed by atoms with Crippen LogP contribution < -0.4 is 21.1 Å². The summed E-state index contributed by atoms with van der Waals surface area (Å²) < 4.78 is 18.8. The van der Waals surface area contributed by atoms with Crippen LogP contribution in [0.2, 0.25) is 0 Å². The van der Waals surface area contributed by atoms with Gasteiger partial charge in [-0.1, -0.05) is 19.9 Å². The van der Waals surface area contributed by atoms with Crippen molar-refractivity contribution in [2.45, 2.75) is 26.8 Å². The summed E-state index contributed by atoms with van der Waals surface area (Å²) in [5, 5.41) is 7.89. The highest BCUT2D eigenvalue weighted by molar-refractivity contribution is 6.08. The fourth-order valence-electron chi connectivity index (χ4n) is 4.01. The van der Waals surface area contributed by atoms with E-state index < -0.39 is 11.7 Å². The van der Waals surface area contributed by atoms with Gasteiger partial charge in [0.25, 0.3) is 11.8 Å². The average Bonchev–Trinajstić information content (AvgIpc) is 2.81. The highest BCUT2D eigenvalue weighted by Crippen LogP contribution is 2.40. The van der Waals surface area contributed by atoms with Gasteiger partial charge in [0.2, 0.25) is 0 Å². The molecule has 0 bridgehead atoms. The van der Waals surface area contributed by atoms with Crippen LogP contribution in [0.4, 0.5) is 15.9 Å². The molecule has 35 heavy (non-hydrogen) atoms. The summed E-state index contributed by atoms with van der Waals surface area (Å²) in [5.74, 6) is -0.653. The molecule has 0 aliphatic carbocycles. The molecule has 0 spiro atoms. The number of nitrogens with zero attached hydrogens (tertiary/aromatic N) is 4. The smallest absolute Gasteiger partial charge is 0.265 e. The number of carbonyl (C=O) groups is 2. The highest BCUT2D eigenvalue weighted by Gasteiger charge is 2.29. The molecule has 180 valence electrons. The lowest BCUT2D eigenvalue weighted by Crippen LogP contribution is -2.38. The largest absolute Gasteiger partial charge is 0.482 e. The Morgan fingerprint density at radius 2 is 2.03 bits per heavy atom. The standard InChI is InChI=1S/C24H24FN7O3/c1-12(2)5-16-22(24(28)34)21(15(7-26)23(27)31-16)13-3-4-17-18(6-13)35-11-20(33)32(17)10-19-29-8-14(25)9-30-19/h3-4,6-9,12,26H,5,10-11H2,1-2H3,(H2,27,31)(H2,28,34). The summed E-state index contributed by atoms with van der Waals surface area (Å²) in [7, 11) is 0. The number of hydrogen-bond donors (Lipinski definition) is 3. The second-order valence-electron chi connectivity index (χ2n) is 8.48. The zero-order valence-corrected chi connectivity index (χ0v) is 19.2. The van der Waals surface area contributed by atoms with Crippen molar-refractivity contribution in [1.29, 1.82) is 5.41 Å². The van der Waals surface area contributed by atoms with E-state index in [-0.39, 0.29) is 47.7 Å². The number of amides is 2. The molecule has 3 heterocycles. The predicted molar refractivity (Wildman–Crippen MR) is 128 cm³/mol. The molecule has 11 heteroatoms. The maximum absolute atomic E-state index is 13.2. The lowest BCUT2D eigenvalue weighted by molar-refractivity contribution is -0.121. The average molecular weight is 478 g/mol. The zero-order valence-electron chi connectivity index (χ0n) is 19.2. The number of nitrogens with one attached hydrogen (secondary N) is 1. The molecule has 1 aliphatic rings. The topological polar surface area (TPSA) is 161 Å². The quantitative estimate of drug-likeness (QED) is 0.440. The number of nitrogens with two attached hydrogens (primary N) is 2. The summed E-state index contributed by atoms with van der Waals surface area (Å²) in [6, 6.07) is 5.00. The van der Waals surface area contributed by atoms with Gasteiger partial charge >= 0.3 is 0 Å². The maximum Gasteiger partial charge on any atom is 0.265 e. The van der Waals surface area contributed by atoms with Crippen molar-refractivity contribution in [3.63, 3.8) is 0 Å². The number of halogens is 1. The molecule has 4 rings (SSSR count). The molecular weight excluding hydrogens is 453 g/mol. The number of primary amides is 1. The fraction of sp³-hybridized carbons (Fsp3) is 0.250. The molecule has 1 aliphatic heterocycles. The van der Waals surface area contributed by atoms with Crippen molar-refractivity contribution >= 4 is 29.5 Å². The fourth-order valence-corrected chi connectivity index (χ4v) is 4.01. The third-order valence-electron chi connectivity index (χ3n) is 5.50. The maximum atomic E-state index is 13.2. The Morgan fingerprint density at radius 3 is 2.66 bits per heavy atom. The first-order chi connectivity index (χ1) is 16.7. The minimum absolute atomic E-state index is 0.0217. The van der Waals surface area contributed by atoms with E-state index >= 15 is 0 Å². The van der Waals surface area contributed by atoms with Gasteiger partial charge in [-0.25, -0.2) is 19.3 Å². The van der Waals surface area contributed by atoms with Gasteiger partial charge in [0.05, 0.1) is 35.9 Å². The van der Waals surface area contributed by atoms with Crippen molar-refractivity contribution in [2.24, 2.45) is 11.7 Å². The van der Waals surface area contributed by atoms with Gasteiger partial charge < -0.3 is 21.6 Å². The van der Waals surface area contributed by atoms with Crippen LogP contribution in [0.5, 0.6) is 5.75 Å². The Morgan fingerprint density at radius 1 is 1.31 bits per heavy atom. The molecule has 5 N–H and O–H groups in total. The Labute approximate surface area is 200 Å². The molecule has 2 amide bonds. The Bertz CT molecular complexity index is 1330. The highest BCUT2D eigenvalue weighted by atomic mass is 19.1. The third kappa shape index (κ3) is 4.65. The van der Waals surface area contributed by atoms with E-state index in [0.29, 0.717) is 34.7 Å². The number of ether oxygens (including phenoxy) is 1. The van der Waals surface area contributed by atoms with E-state index in [1.807, 2.05) is 13.8 Å². The Hall–Kier alpha value is -4.41. The van der Waals surface area contributed by atoms with Gasteiger partial charge in [0.15, 0.2) is 12.4 Å². The van der Waals surface area contributed by atoms with Gasteiger partial charge in [-0.3, -0.25) is 14.5 Å². The molecule has 1 aromatic carbocycles. The van der Waals surface area contributed by atoms with Crippen LogP contribution >= 0.6 is 0 Å². The molecule has 2 aromatic heterocycles. The number of benzene rings is 1. The van der Waals surface area contributed by atoms with Crippen molar-refractivity contribution in [3.05, 3.63) is 59.1 Å². The summed E-state index contributed by atoms with van der Waals surface area (Å²) >= 11 is 0. The van der Waals surface area contributed by atoms with Crippen LogP contribution in [0, 0.1) is 17.1 Å². The number of anilines is 2. The normalized spacial score (nSPS) is 12.9. The molecule has 0 atom stereocenters. The zero-order chi connectivity index (χ0) is 25.3. The van der Waals surface area contributed by atoms with Gasteiger partial charge in [0, 0.05) is 17.3 Å². The summed E-state index contributed by atoms with van der Waals surface area (Å²) in [5.41, 5.74) is 14.2. The summed E-state index contributed by atoms with van der Waals surface area (Å²) in [6.07, 6.45) is 3.56. The lowest BCUT2D eigenvalue weighted by atomic mass is 9.90. The van der Waals surface area contributed by atoms with Crippen LogP contribution in [0.15, 0.2) is 30.6 Å². The van der Waals surface area contributed by atoms with Crippen LogP contribution in [0.1, 0.15) is 41.3 Å². The lowest BCUT2D eigenvalue weighted by Gasteiger charge is -2.29. The second kappa shape index (κ2) is 9.45. The first-order valence-electron chi connectivity index (χ1n) is 10.9. The SMILES string of the molecule is CC(C)Cc1nc(N)c(C=N)c(-c2ccc3c(c2)OCC(=O)N3Cc2ncc(F)cn2)c1C(N)=O. The molecule has 0 fully saturated rings. The minimum Gasteiger partial charge on any atom is -0.482 e. The molecular formula is C24H24FN7O3. The van der Waals surface area contributed by atoms with Crippen molar-refractivity contribution in [3.8, 4) is 16.9 Å². The molecule has 0 radical (unpaired) electrons. The molecule has 0 saturated heterocycles. The van der Waals surface area contributed by atoms with Crippen molar-refractivity contribution < 1.29 is 18.7 Å². The summed E-state index contributed by atoms with van der Waals surface area (Å²) in [6.45, 7) is 3.76. The van der Waals surface area contributed by atoms with E-state index in [1.54, 1.807) is 18.2 Å². The second-order valence-corrected chi connectivity index (χ2v) is 8.48. The number of carbonyl (C=O) groups excluding carboxylic acids is 2. The Kier molecular flexibility index (Phi) is 6.41. The van der Waals surface area contributed by atoms with Crippen LogP contribution in [0.3, 0.4) is 0 Å². The van der Waals surface area contributed by atoms with E-state index in [0.717, 1.165) is 18.6 Å². The number of rotatable bonds is 7. The number of aromatic nitrogens is 3. The van der Waals surface area contributed by atoms with E-state index in [1.165, 1.54) is 4.90 Å². The van der Waals surface area contributed by atoms with Crippen LogP contribution in [0.25, 0.3) is 11.1 Å². The Balaban J connectivity index is 1.83. The summed E-state index contributed by atoms with van der Waals surface area (Å²) in [4.78, 5) is 38.7. The number of fused-ring (bicyclic) bond motifs is 1. The van der Waals surface area contributed by atoms with Gasteiger partial charge in [-0.05, 0) is 30.0 Å². The molecule has 0 unspecified atom stereocenters. The first kappa shape index (κ1) is 23.7. The number of hydrogen-bond acceptors (Lipinski definition) is 8. The number of pyridine rings is 1. The van der Waals surface area contributed by atoms with Gasteiger partial charge in [0.1, 0.15) is 17.4 Å². The van der Waals surface area contributed by atoms with Crippen molar-refractivity contribution in [2.75, 3.05) is 17.2 Å². The molecule has 10 nitrogen and oxygen atoms in total. The van der Waals surface area contributed by atoms with E-state index in [4.69, 9.17) is 21.6 Å². The minimum atomic E-state index is -0.685. The molecule has 3 aromatic rings. The van der Waals surface area contributed by atoms with E-state index in [2.05, 4.69) is 15.0 Å². The van der Waals surface area contributed by atoms with E-state index in [9.17, 15) is 14.0 Å². The van der Waals surface area contributed by atoms with Gasteiger partial charge in [-0.15, -0.1) is 0 Å². The monoisotopic (exact) mass is 477 g/mol.